The standard InChI is InChI=1S/C41H35N3/c1-26-22-37(29-6-2-3-7-29)34-20-21-36-39(23-38(30-8-4-5-9-30)35-19-18-33(26)40(34)41(35)36)44(31-14-10-27(24-42)11-15-31)32-16-12-28(25-43)13-17-32/h10-23,29-30H,2-9H2,1H3. The Kier molecular flexibility index (Phi) is 6.50. The highest BCUT2D eigenvalue weighted by atomic mass is 15.1. The molecule has 44 heavy (non-hydrogen) atoms. The smallest absolute Gasteiger partial charge is 0.0991 e. The predicted octanol–water partition coefficient (Wildman–Crippen LogP) is 11.4. The van der Waals surface area contributed by atoms with Crippen LogP contribution in [-0.4, -0.2) is 0 Å². The average molecular weight is 570 g/mol. The second kappa shape index (κ2) is 10.7. The summed E-state index contributed by atoms with van der Waals surface area (Å²) in [5.74, 6) is 1.18. The van der Waals surface area contributed by atoms with Gasteiger partial charge >= 0.3 is 0 Å². The highest BCUT2D eigenvalue weighted by Gasteiger charge is 2.27. The fourth-order valence-corrected chi connectivity index (χ4v) is 8.34. The monoisotopic (exact) mass is 569 g/mol. The average Bonchev–Trinajstić information content (AvgIpc) is 3.81. The molecule has 0 heterocycles. The maximum atomic E-state index is 9.54. The Hall–Kier alpha value is -4.86. The van der Waals surface area contributed by atoms with Crippen LogP contribution in [0.25, 0.3) is 32.3 Å². The first-order valence-electron chi connectivity index (χ1n) is 16.2. The molecule has 2 fully saturated rings. The molecule has 0 atom stereocenters. The first kappa shape index (κ1) is 26.7. The summed E-state index contributed by atoms with van der Waals surface area (Å²) in [5.41, 5.74) is 8.81. The van der Waals surface area contributed by atoms with Crippen LogP contribution in [-0.2, 0) is 0 Å². The molecule has 6 aromatic rings. The molecule has 214 valence electrons. The summed E-state index contributed by atoms with van der Waals surface area (Å²) in [6.07, 6.45) is 10.2. The van der Waals surface area contributed by atoms with Crippen LogP contribution in [0.15, 0.2) is 84.9 Å². The van der Waals surface area contributed by atoms with Crippen molar-refractivity contribution in [3.63, 3.8) is 0 Å². The van der Waals surface area contributed by atoms with Crippen molar-refractivity contribution in [2.45, 2.75) is 70.1 Å². The second-order valence-electron chi connectivity index (χ2n) is 13.0. The molecule has 3 heteroatoms. The Morgan fingerprint density at radius 1 is 0.545 bits per heavy atom. The van der Waals surface area contributed by atoms with Crippen LogP contribution in [0, 0.1) is 29.6 Å². The molecule has 2 saturated carbocycles. The van der Waals surface area contributed by atoms with Crippen LogP contribution < -0.4 is 4.90 Å². The van der Waals surface area contributed by atoms with Gasteiger partial charge in [0.25, 0.3) is 0 Å². The lowest BCUT2D eigenvalue weighted by Crippen LogP contribution is -2.12. The summed E-state index contributed by atoms with van der Waals surface area (Å²) in [6, 6.07) is 34.8. The Labute approximate surface area is 259 Å². The summed E-state index contributed by atoms with van der Waals surface area (Å²) in [6.45, 7) is 2.29. The van der Waals surface area contributed by atoms with Crippen LogP contribution in [0.1, 0.15) is 91.0 Å². The molecule has 0 radical (unpaired) electrons. The van der Waals surface area contributed by atoms with Crippen LogP contribution in [0.4, 0.5) is 17.1 Å². The van der Waals surface area contributed by atoms with Gasteiger partial charge in [0.15, 0.2) is 0 Å². The van der Waals surface area contributed by atoms with Gasteiger partial charge in [0.1, 0.15) is 0 Å². The summed E-state index contributed by atoms with van der Waals surface area (Å²) < 4.78 is 0. The minimum Gasteiger partial charge on any atom is -0.310 e. The van der Waals surface area contributed by atoms with Crippen molar-refractivity contribution in [1.29, 1.82) is 10.5 Å². The number of nitrogens with zero attached hydrogens (tertiary/aromatic N) is 3. The van der Waals surface area contributed by atoms with E-state index in [9.17, 15) is 10.5 Å². The lowest BCUT2D eigenvalue weighted by atomic mass is 9.82. The molecule has 0 saturated heterocycles. The highest BCUT2D eigenvalue weighted by Crippen LogP contribution is 2.50. The third-order valence-electron chi connectivity index (χ3n) is 10.5. The number of hydrogen-bond acceptors (Lipinski definition) is 3. The summed E-state index contributed by atoms with van der Waals surface area (Å²) >= 11 is 0. The molecule has 0 spiro atoms. The lowest BCUT2D eigenvalue weighted by molar-refractivity contribution is 0.729. The van der Waals surface area contributed by atoms with Crippen LogP contribution in [0.3, 0.4) is 0 Å². The molecule has 3 nitrogen and oxygen atoms in total. The molecule has 2 aliphatic rings. The molecule has 8 rings (SSSR count). The number of hydrogen-bond donors (Lipinski definition) is 0. The van der Waals surface area contributed by atoms with Gasteiger partial charge < -0.3 is 4.90 Å². The van der Waals surface area contributed by atoms with E-state index in [1.54, 1.807) is 0 Å². The molecule has 0 bridgehead atoms. The van der Waals surface area contributed by atoms with Crippen molar-refractivity contribution < 1.29 is 0 Å². The van der Waals surface area contributed by atoms with E-state index in [1.165, 1.54) is 100 Å². The van der Waals surface area contributed by atoms with Crippen molar-refractivity contribution in [2.75, 3.05) is 4.90 Å². The zero-order valence-corrected chi connectivity index (χ0v) is 25.2. The van der Waals surface area contributed by atoms with E-state index in [4.69, 9.17) is 0 Å². The van der Waals surface area contributed by atoms with E-state index in [2.05, 4.69) is 60.4 Å². The fraction of sp³-hybridized carbons (Fsp3) is 0.268. The number of nitriles is 2. The Morgan fingerprint density at radius 2 is 0.977 bits per heavy atom. The first-order valence-corrected chi connectivity index (χ1v) is 16.2. The van der Waals surface area contributed by atoms with Crippen molar-refractivity contribution in [3.8, 4) is 12.1 Å². The third kappa shape index (κ3) is 4.23. The largest absolute Gasteiger partial charge is 0.310 e. The third-order valence-corrected chi connectivity index (χ3v) is 10.5. The molecule has 2 aliphatic carbocycles. The van der Waals surface area contributed by atoms with Gasteiger partial charge in [0.05, 0.1) is 29.0 Å². The summed E-state index contributed by atoms with van der Waals surface area (Å²) in [5, 5.41) is 27.3. The molecule has 0 unspecified atom stereocenters. The fourth-order valence-electron chi connectivity index (χ4n) is 8.34. The molecule has 0 aromatic heterocycles. The number of anilines is 3. The maximum absolute atomic E-state index is 9.54. The van der Waals surface area contributed by atoms with Gasteiger partial charge in [-0.05, 0) is 143 Å². The van der Waals surface area contributed by atoms with E-state index in [-0.39, 0.29) is 0 Å². The van der Waals surface area contributed by atoms with Gasteiger partial charge in [-0.1, -0.05) is 56.0 Å². The second-order valence-corrected chi connectivity index (χ2v) is 13.0. The van der Waals surface area contributed by atoms with Crippen molar-refractivity contribution >= 4 is 49.4 Å². The van der Waals surface area contributed by atoms with Gasteiger partial charge in [0.2, 0.25) is 0 Å². The summed E-state index contributed by atoms with van der Waals surface area (Å²) in [7, 11) is 0. The number of aryl methyl sites for hydroxylation is 1. The minimum absolute atomic E-state index is 0.539. The van der Waals surface area contributed by atoms with Gasteiger partial charge in [0, 0.05) is 16.8 Å². The molecule has 6 aromatic carbocycles. The maximum Gasteiger partial charge on any atom is 0.0991 e. The van der Waals surface area contributed by atoms with Crippen molar-refractivity contribution in [3.05, 3.63) is 113 Å². The normalized spacial score (nSPS) is 15.8. The van der Waals surface area contributed by atoms with Gasteiger partial charge in [-0.25, -0.2) is 0 Å². The number of benzene rings is 6. The first-order chi connectivity index (χ1) is 21.6. The molecule has 0 N–H and O–H groups in total. The lowest BCUT2D eigenvalue weighted by Gasteiger charge is -2.30. The SMILES string of the molecule is Cc1cc(C2CCCC2)c2ccc3c(N(c4ccc(C#N)cc4)c4ccc(C#N)cc4)cc(C4CCCC4)c4ccc1c2c43. The Balaban J connectivity index is 1.48. The Bertz CT molecular complexity index is 2040. The van der Waals surface area contributed by atoms with E-state index < -0.39 is 0 Å². The topological polar surface area (TPSA) is 50.8 Å². The van der Waals surface area contributed by atoms with Crippen LogP contribution in [0.5, 0.6) is 0 Å². The van der Waals surface area contributed by atoms with E-state index >= 15 is 0 Å². The Morgan fingerprint density at radius 3 is 1.48 bits per heavy atom. The zero-order valence-electron chi connectivity index (χ0n) is 25.2. The van der Waals surface area contributed by atoms with Gasteiger partial charge in [-0.3, -0.25) is 0 Å². The molecular formula is C41H35N3. The quantitative estimate of drug-likeness (QED) is 0.194. The van der Waals surface area contributed by atoms with Crippen molar-refractivity contribution in [2.24, 2.45) is 0 Å². The van der Waals surface area contributed by atoms with E-state index in [1.807, 2.05) is 48.5 Å². The van der Waals surface area contributed by atoms with Crippen molar-refractivity contribution in [1.82, 2.24) is 0 Å². The number of rotatable bonds is 5. The van der Waals surface area contributed by atoms with Gasteiger partial charge in [-0.2, -0.15) is 10.5 Å². The van der Waals surface area contributed by atoms with E-state index in [0.717, 1.165) is 17.1 Å². The van der Waals surface area contributed by atoms with E-state index in [0.29, 0.717) is 23.0 Å². The predicted molar refractivity (Wildman–Crippen MR) is 181 cm³/mol. The minimum atomic E-state index is 0.539. The van der Waals surface area contributed by atoms with Crippen LogP contribution >= 0.6 is 0 Å². The molecular weight excluding hydrogens is 534 g/mol. The van der Waals surface area contributed by atoms with Gasteiger partial charge in [-0.15, -0.1) is 0 Å². The molecule has 0 aliphatic heterocycles. The molecule has 0 amide bonds. The highest BCUT2D eigenvalue weighted by molar-refractivity contribution is 6.27. The van der Waals surface area contributed by atoms with Crippen LogP contribution in [0.2, 0.25) is 0 Å². The summed E-state index contributed by atoms with van der Waals surface area (Å²) in [4.78, 5) is 2.33. The zero-order chi connectivity index (χ0) is 29.8.